The fourth-order valence-electron chi connectivity index (χ4n) is 3.83. The summed E-state index contributed by atoms with van der Waals surface area (Å²) in [6.07, 6.45) is -1.29. The van der Waals surface area contributed by atoms with Crippen LogP contribution in [0.1, 0.15) is 45.4 Å². The van der Waals surface area contributed by atoms with Crippen LogP contribution in [-0.4, -0.2) is 46.4 Å². The molecule has 1 atom stereocenters. The van der Waals surface area contributed by atoms with Gasteiger partial charge in [0.15, 0.2) is 6.10 Å². The summed E-state index contributed by atoms with van der Waals surface area (Å²) in [5, 5.41) is 13.2. The van der Waals surface area contributed by atoms with Gasteiger partial charge in [0, 0.05) is 46.9 Å². The first-order valence-electron chi connectivity index (χ1n) is 11.5. The topological polar surface area (TPSA) is 130 Å². The maximum atomic E-state index is 13.0. The van der Waals surface area contributed by atoms with Gasteiger partial charge in [0.25, 0.3) is 11.6 Å². The van der Waals surface area contributed by atoms with Gasteiger partial charge in [-0.25, -0.2) is 0 Å². The SMILES string of the molecule is Cc1cc(C(=O)C(C)OC(=O)CCNC(=O)c2ccc([N+](=O)[O-])cc2)c(C)n1-c1ccc(OC(F)F)cc1. The highest BCUT2D eigenvalue weighted by molar-refractivity contribution is 6.01. The van der Waals surface area contributed by atoms with Gasteiger partial charge in [-0.2, -0.15) is 8.78 Å². The largest absolute Gasteiger partial charge is 0.454 e. The Morgan fingerprint density at radius 3 is 2.26 bits per heavy atom. The predicted molar refractivity (Wildman–Crippen MR) is 132 cm³/mol. The molecule has 0 saturated carbocycles. The van der Waals surface area contributed by atoms with Crippen LogP contribution in [0.25, 0.3) is 5.69 Å². The van der Waals surface area contributed by atoms with Crippen molar-refractivity contribution in [1.29, 1.82) is 0 Å². The molecule has 0 aliphatic rings. The zero-order valence-electron chi connectivity index (χ0n) is 20.8. The van der Waals surface area contributed by atoms with Crippen LogP contribution < -0.4 is 10.1 Å². The number of aryl methyl sites for hydroxylation is 1. The fraction of sp³-hybridized carbons (Fsp3) is 0.269. The number of non-ortho nitro benzene ring substituents is 1. The first kappa shape index (κ1) is 28.0. The van der Waals surface area contributed by atoms with Crippen molar-refractivity contribution in [2.45, 2.75) is 39.9 Å². The summed E-state index contributed by atoms with van der Waals surface area (Å²) in [6, 6.07) is 12.6. The number of benzene rings is 2. The van der Waals surface area contributed by atoms with E-state index < -0.39 is 35.3 Å². The fourth-order valence-corrected chi connectivity index (χ4v) is 3.83. The van der Waals surface area contributed by atoms with Gasteiger partial charge in [0.2, 0.25) is 5.78 Å². The quantitative estimate of drug-likeness (QED) is 0.167. The molecule has 1 aromatic heterocycles. The van der Waals surface area contributed by atoms with E-state index in [0.29, 0.717) is 22.6 Å². The Labute approximate surface area is 216 Å². The lowest BCUT2D eigenvalue weighted by atomic mass is 10.1. The number of nitro groups is 1. The second-order valence-corrected chi connectivity index (χ2v) is 8.30. The Balaban J connectivity index is 1.56. The van der Waals surface area contributed by atoms with Gasteiger partial charge in [0.1, 0.15) is 5.75 Å². The number of nitro benzene ring substituents is 1. The molecule has 1 N–H and O–H groups in total. The van der Waals surface area contributed by atoms with E-state index in [1.165, 1.54) is 43.3 Å². The molecule has 0 aliphatic heterocycles. The van der Waals surface area contributed by atoms with Crippen molar-refractivity contribution in [2.75, 3.05) is 6.54 Å². The highest BCUT2D eigenvalue weighted by Crippen LogP contribution is 2.25. The van der Waals surface area contributed by atoms with Crippen LogP contribution in [0.15, 0.2) is 54.6 Å². The molecule has 38 heavy (non-hydrogen) atoms. The summed E-state index contributed by atoms with van der Waals surface area (Å²) in [4.78, 5) is 47.5. The Hall–Kier alpha value is -4.61. The maximum Gasteiger partial charge on any atom is 0.387 e. The van der Waals surface area contributed by atoms with Crippen LogP contribution in [0.3, 0.4) is 0 Å². The lowest BCUT2D eigenvalue weighted by molar-refractivity contribution is -0.384. The number of carbonyl (C=O) groups is 3. The molecule has 1 heterocycles. The molecular weight excluding hydrogens is 504 g/mol. The number of carbonyl (C=O) groups excluding carboxylic acids is 3. The standard InChI is InChI=1S/C26H25F2N3O7/c1-15-14-22(16(2)30(15)19-8-10-21(11-9-19)38-26(27)28)24(33)17(3)37-23(32)12-13-29-25(34)18-4-6-20(7-5-18)31(35)36/h4-11,14,17,26H,12-13H2,1-3H3,(H,29,34). The van der Waals surface area contributed by atoms with Crippen molar-refractivity contribution >= 4 is 23.3 Å². The van der Waals surface area contributed by atoms with Gasteiger partial charge in [-0.15, -0.1) is 0 Å². The summed E-state index contributed by atoms with van der Waals surface area (Å²) in [5.41, 5.74) is 2.30. The highest BCUT2D eigenvalue weighted by Gasteiger charge is 2.24. The molecule has 10 nitrogen and oxygen atoms in total. The molecule has 0 bridgehead atoms. The van der Waals surface area contributed by atoms with E-state index in [1.807, 2.05) is 0 Å². The third kappa shape index (κ3) is 6.78. The molecule has 0 aliphatic carbocycles. The average molecular weight is 529 g/mol. The zero-order chi connectivity index (χ0) is 28.0. The van der Waals surface area contributed by atoms with Crippen LogP contribution in [0.5, 0.6) is 5.75 Å². The van der Waals surface area contributed by atoms with Gasteiger partial charge < -0.3 is 19.4 Å². The summed E-state index contributed by atoms with van der Waals surface area (Å²) in [5.74, 6) is -1.63. The molecule has 0 radical (unpaired) electrons. The number of ketones is 1. The predicted octanol–water partition coefficient (Wildman–Crippen LogP) is 4.54. The molecule has 12 heteroatoms. The summed E-state index contributed by atoms with van der Waals surface area (Å²) in [7, 11) is 0. The molecular formula is C26H25F2N3O7. The van der Waals surface area contributed by atoms with E-state index in [2.05, 4.69) is 10.1 Å². The molecule has 0 saturated heterocycles. The van der Waals surface area contributed by atoms with Crippen molar-refractivity contribution in [2.24, 2.45) is 0 Å². The number of ether oxygens (including phenoxy) is 2. The minimum atomic E-state index is -2.93. The van der Waals surface area contributed by atoms with Crippen LogP contribution in [0.4, 0.5) is 14.5 Å². The number of aromatic nitrogens is 1. The van der Waals surface area contributed by atoms with Gasteiger partial charge in [-0.05, 0) is 63.2 Å². The van der Waals surface area contributed by atoms with Gasteiger partial charge in [-0.3, -0.25) is 24.5 Å². The van der Waals surface area contributed by atoms with E-state index in [-0.39, 0.29) is 30.0 Å². The monoisotopic (exact) mass is 529 g/mol. The zero-order valence-corrected chi connectivity index (χ0v) is 20.8. The Kier molecular flexibility index (Phi) is 8.89. The second-order valence-electron chi connectivity index (χ2n) is 8.30. The molecule has 1 unspecified atom stereocenters. The van der Waals surface area contributed by atoms with Crippen molar-refractivity contribution < 1.29 is 37.6 Å². The number of nitrogens with zero attached hydrogens (tertiary/aromatic N) is 2. The average Bonchev–Trinajstić information content (AvgIpc) is 3.17. The number of hydrogen-bond donors (Lipinski definition) is 1. The van der Waals surface area contributed by atoms with Crippen LogP contribution in [-0.2, 0) is 9.53 Å². The highest BCUT2D eigenvalue weighted by atomic mass is 19.3. The molecule has 200 valence electrons. The number of alkyl halides is 2. The third-order valence-corrected chi connectivity index (χ3v) is 5.65. The Morgan fingerprint density at radius 1 is 1.05 bits per heavy atom. The van der Waals surface area contributed by atoms with Crippen LogP contribution >= 0.6 is 0 Å². The van der Waals surface area contributed by atoms with Crippen LogP contribution in [0, 0.1) is 24.0 Å². The number of amides is 1. The van der Waals surface area contributed by atoms with Gasteiger partial charge in [-0.1, -0.05) is 0 Å². The molecule has 3 aromatic rings. The molecule has 2 aromatic carbocycles. The van der Waals surface area contributed by atoms with Crippen molar-refractivity contribution in [3.05, 3.63) is 87.2 Å². The van der Waals surface area contributed by atoms with E-state index in [4.69, 9.17) is 4.74 Å². The number of halogens is 2. The second kappa shape index (κ2) is 12.1. The molecule has 3 rings (SSSR count). The normalized spacial score (nSPS) is 11.6. The smallest absolute Gasteiger partial charge is 0.387 e. The van der Waals surface area contributed by atoms with Gasteiger partial charge >= 0.3 is 12.6 Å². The van der Waals surface area contributed by atoms with E-state index in [9.17, 15) is 33.3 Å². The van der Waals surface area contributed by atoms with Crippen molar-refractivity contribution in [3.8, 4) is 11.4 Å². The number of Topliss-reactive ketones (excluding diaryl/α,β-unsaturated/α-hetero) is 1. The maximum absolute atomic E-state index is 13.0. The van der Waals surface area contributed by atoms with Crippen molar-refractivity contribution in [1.82, 2.24) is 9.88 Å². The third-order valence-electron chi connectivity index (χ3n) is 5.65. The number of esters is 1. The van der Waals surface area contributed by atoms with Crippen LogP contribution in [0.2, 0.25) is 0 Å². The summed E-state index contributed by atoms with van der Waals surface area (Å²) in [6.45, 7) is 1.94. The first-order valence-corrected chi connectivity index (χ1v) is 11.5. The molecule has 0 spiro atoms. The number of rotatable bonds is 11. The Bertz CT molecular complexity index is 1340. The van der Waals surface area contributed by atoms with Crippen molar-refractivity contribution in [3.63, 3.8) is 0 Å². The summed E-state index contributed by atoms with van der Waals surface area (Å²) < 4.78 is 36.2. The summed E-state index contributed by atoms with van der Waals surface area (Å²) >= 11 is 0. The molecule has 0 fully saturated rings. The number of nitrogens with one attached hydrogen (secondary N) is 1. The van der Waals surface area contributed by atoms with E-state index in [1.54, 1.807) is 36.6 Å². The molecule has 1 amide bonds. The lowest BCUT2D eigenvalue weighted by Crippen LogP contribution is -2.29. The minimum absolute atomic E-state index is 0.00646. The van der Waals surface area contributed by atoms with E-state index >= 15 is 0 Å². The first-order chi connectivity index (χ1) is 18.0. The van der Waals surface area contributed by atoms with Gasteiger partial charge in [0.05, 0.1) is 11.3 Å². The Morgan fingerprint density at radius 2 is 1.68 bits per heavy atom. The van der Waals surface area contributed by atoms with E-state index in [0.717, 1.165) is 0 Å². The lowest BCUT2D eigenvalue weighted by Gasteiger charge is -2.14. The number of hydrogen-bond acceptors (Lipinski definition) is 7. The minimum Gasteiger partial charge on any atom is -0.454 e.